The summed E-state index contributed by atoms with van der Waals surface area (Å²) in [5.74, 6) is -0.374. The Bertz CT molecular complexity index is 1280. The molecule has 7 heteroatoms. The fourth-order valence-electron chi connectivity index (χ4n) is 4.13. The minimum Gasteiger partial charge on any atom is -0.507 e. The van der Waals surface area contributed by atoms with Gasteiger partial charge in [-0.3, -0.25) is 14.6 Å². The Labute approximate surface area is 203 Å². The lowest BCUT2D eigenvalue weighted by atomic mass is 9.94. The molecule has 0 spiro atoms. The molecule has 0 radical (unpaired) electrons. The smallest absolute Gasteiger partial charge is 0.295 e. The number of ketones is 1. The molecule has 1 amide bonds. The highest BCUT2D eigenvalue weighted by Gasteiger charge is 2.46. The Morgan fingerprint density at radius 3 is 2.57 bits per heavy atom. The minimum atomic E-state index is -0.780. The van der Waals surface area contributed by atoms with Crippen LogP contribution in [-0.4, -0.2) is 40.4 Å². The summed E-state index contributed by atoms with van der Waals surface area (Å²) < 4.78 is 10.9. The number of benzene rings is 2. The fourth-order valence-corrected chi connectivity index (χ4v) is 4.13. The molecule has 1 aliphatic heterocycles. The number of aromatic nitrogens is 1. The first-order chi connectivity index (χ1) is 16.9. The number of rotatable bonds is 8. The van der Waals surface area contributed by atoms with Crippen molar-refractivity contribution in [1.82, 2.24) is 9.88 Å². The Morgan fingerprint density at radius 2 is 1.94 bits per heavy atom. The Hall–Kier alpha value is -4.39. The molecule has 3 aromatic rings. The van der Waals surface area contributed by atoms with Gasteiger partial charge in [0.2, 0.25) is 0 Å². The monoisotopic (exact) mass is 470 g/mol. The van der Waals surface area contributed by atoms with Gasteiger partial charge in [-0.1, -0.05) is 30.9 Å². The number of pyridine rings is 1. The van der Waals surface area contributed by atoms with E-state index in [9.17, 15) is 14.7 Å². The average Bonchev–Trinajstić information content (AvgIpc) is 3.13. The Kier molecular flexibility index (Phi) is 6.96. The number of nitrogens with zero attached hydrogens (tertiary/aromatic N) is 2. The maximum atomic E-state index is 13.2. The SMILES string of the molecule is C=CCOc1ccc(/C(O)=C2/C(=O)C(=O)N(Cc3cccnc3)C2c2ccc(OC)cc2)cc1C. The number of Topliss-reactive ketones (excluding diaryl/α,β-unsaturated/α-hetero) is 1. The number of carbonyl (C=O) groups is 2. The lowest BCUT2D eigenvalue weighted by molar-refractivity contribution is -0.140. The molecular formula is C28H26N2O5. The van der Waals surface area contributed by atoms with Gasteiger partial charge in [-0.2, -0.15) is 0 Å². The Morgan fingerprint density at radius 1 is 1.17 bits per heavy atom. The summed E-state index contributed by atoms with van der Waals surface area (Å²) in [6, 6.07) is 15.0. The van der Waals surface area contributed by atoms with E-state index in [-0.39, 0.29) is 17.9 Å². The van der Waals surface area contributed by atoms with Crippen LogP contribution >= 0.6 is 0 Å². The maximum Gasteiger partial charge on any atom is 0.295 e. The highest BCUT2D eigenvalue weighted by Crippen LogP contribution is 2.41. The third kappa shape index (κ3) is 4.80. The number of aliphatic hydroxyl groups excluding tert-OH is 1. The number of aryl methyl sites for hydroxylation is 1. The molecule has 1 saturated heterocycles. The number of carbonyl (C=O) groups excluding carboxylic acids is 2. The van der Waals surface area contributed by atoms with Crippen LogP contribution in [0.2, 0.25) is 0 Å². The predicted molar refractivity (Wildman–Crippen MR) is 132 cm³/mol. The third-order valence-corrected chi connectivity index (χ3v) is 5.85. The lowest BCUT2D eigenvalue weighted by Gasteiger charge is -2.25. The van der Waals surface area contributed by atoms with Gasteiger partial charge in [0.1, 0.15) is 23.9 Å². The van der Waals surface area contributed by atoms with Crippen LogP contribution in [0.1, 0.15) is 28.3 Å². The molecule has 0 saturated carbocycles. The van der Waals surface area contributed by atoms with Gasteiger partial charge in [-0.05, 0) is 60.0 Å². The van der Waals surface area contributed by atoms with Gasteiger partial charge in [0.05, 0.1) is 18.7 Å². The number of ether oxygens (including phenoxy) is 2. The molecular weight excluding hydrogens is 444 g/mol. The molecule has 1 fully saturated rings. The van der Waals surface area contributed by atoms with Gasteiger partial charge in [-0.15, -0.1) is 0 Å². The molecule has 178 valence electrons. The van der Waals surface area contributed by atoms with Gasteiger partial charge < -0.3 is 19.5 Å². The summed E-state index contributed by atoms with van der Waals surface area (Å²) >= 11 is 0. The van der Waals surface area contributed by atoms with Crippen molar-refractivity contribution in [3.8, 4) is 11.5 Å². The summed E-state index contributed by atoms with van der Waals surface area (Å²) in [6.45, 7) is 6.01. The van der Waals surface area contributed by atoms with Crippen LogP contribution in [0.5, 0.6) is 11.5 Å². The largest absolute Gasteiger partial charge is 0.507 e. The summed E-state index contributed by atoms with van der Waals surface area (Å²) in [5, 5.41) is 11.3. The van der Waals surface area contributed by atoms with Gasteiger partial charge in [0.15, 0.2) is 0 Å². The van der Waals surface area contributed by atoms with Crippen LogP contribution in [0, 0.1) is 6.92 Å². The van der Waals surface area contributed by atoms with Crippen molar-refractivity contribution in [2.75, 3.05) is 13.7 Å². The second-order valence-electron chi connectivity index (χ2n) is 8.14. The second-order valence-corrected chi connectivity index (χ2v) is 8.14. The van der Waals surface area contributed by atoms with E-state index >= 15 is 0 Å². The van der Waals surface area contributed by atoms with E-state index in [1.54, 1.807) is 74.1 Å². The standard InChI is InChI=1S/C28H26N2O5/c1-4-14-35-23-12-9-21(15-18(23)2)26(31)24-25(20-7-10-22(34-3)11-8-20)30(28(33)27(24)32)17-19-6-5-13-29-16-19/h4-13,15-16,25,31H,1,14,17H2,2-3H3/b26-24-. The highest BCUT2D eigenvalue weighted by atomic mass is 16.5. The van der Waals surface area contributed by atoms with Crippen LogP contribution in [0.4, 0.5) is 0 Å². The van der Waals surface area contributed by atoms with E-state index in [1.165, 1.54) is 4.90 Å². The Balaban J connectivity index is 1.81. The normalized spacial score (nSPS) is 16.9. The molecule has 1 atom stereocenters. The van der Waals surface area contributed by atoms with E-state index in [0.717, 1.165) is 11.1 Å². The fraction of sp³-hybridized carbons (Fsp3) is 0.179. The van der Waals surface area contributed by atoms with Crippen molar-refractivity contribution < 1.29 is 24.2 Å². The molecule has 1 aromatic heterocycles. The van der Waals surface area contributed by atoms with Crippen molar-refractivity contribution in [2.45, 2.75) is 19.5 Å². The van der Waals surface area contributed by atoms with Gasteiger partial charge in [0, 0.05) is 24.5 Å². The van der Waals surface area contributed by atoms with Gasteiger partial charge in [0.25, 0.3) is 11.7 Å². The quantitative estimate of drug-likeness (QED) is 0.224. The third-order valence-electron chi connectivity index (χ3n) is 5.85. The number of aliphatic hydroxyl groups is 1. The van der Waals surface area contributed by atoms with Crippen LogP contribution in [0.3, 0.4) is 0 Å². The molecule has 2 aromatic carbocycles. The van der Waals surface area contributed by atoms with E-state index in [4.69, 9.17) is 9.47 Å². The molecule has 2 heterocycles. The van der Waals surface area contributed by atoms with E-state index in [1.807, 2.05) is 13.0 Å². The molecule has 1 aliphatic rings. The number of amides is 1. The zero-order valence-electron chi connectivity index (χ0n) is 19.6. The highest BCUT2D eigenvalue weighted by molar-refractivity contribution is 6.46. The first kappa shape index (κ1) is 23.8. The van der Waals surface area contributed by atoms with E-state index in [0.29, 0.717) is 29.2 Å². The number of likely N-dealkylation sites (tertiary alicyclic amines) is 1. The van der Waals surface area contributed by atoms with E-state index < -0.39 is 17.7 Å². The topological polar surface area (TPSA) is 89.0 Å². The second kappa shape index (κ2) is 10.3. The van der Waals surface area contributed by atoms with E-state index in [2.05, 4.69) is 11.6 Å². The van der Waals surface area contributed by atoms with Gasteiger partial charge in [-0.25, -0.2) is 0 Å². The van der Waals surface area contributed by atoms with Crippen molar-refractivity contribution in [3.05, 3.63) is 107 Å². The lowest BCUT2D eigenvalue weighted by Crippen LogP contribution is -2.29. The van der Waals surface area contributed by atoms with Crippen molar-refractivity contribution >= 4 is 17.4 Å². The van der Waals surface area contributed by atoms with Crippen LogP contribution in [0.15, 0.2) is 85.2 Å². The molecule has 35 heavy (non-hydrogen) atoms. The van der Waals surface area contributed by atoms with Crippen LogP contribution in [-0.2, 0) is 16.1 Å². The molecule has 7 nitrogen and oxygen atoms in total. The zero-order chi connectivity index (χ0) is 24.9. The maximum absolute atomic E-state index is 13.2. The van der Waals surface area contributed by atoms with Crippen molar-refractivity contribution in [1.29, 1.82) is 0 Å². The minimum absolute atomic E-state index is 0.0308. The van der Waals surface area contributed by atoms with Crippen LogP contribution < -0.4 is 9.47 Å². The van der Waals surface area contributed by atoms with Crippen molar-refractivity contribution in [3.63, 3.8) is 0 Å². The predicted octanol–water partition coefficient (Wildman–Crippen LogP) is 4.59. The number of methoxy groups -OCH3 is 1. The van der Waals surface area contributed by atoms with Crippen molar-refractivity contribution in [2.24, 2.45) is 0 Å². The molecule has 0 bridgehead atoms. The zero-order valence-corrected chi connectivity index (χ0v) is 19.6. The summed E-state index contributed by atoms with van der Waals surface area (Å²) in [6.07, 6.45) is 4.94. The van der Waals surface area contributed by atoms with Gasteiger partial charge >= 0.3 is 0 Å². The average molecular weight is 471 g/mol. The first-order valence-corrected chi connectivity index (χ1v) is 11.1. The number of hydrogen-bond donors (Lipinski definition) is 1. The molecule has 4 rings (SSSR count). The molecule has 1 N–H and O–H groups in total. The number of hydrogen-bond acceptors (Lipinski definition) is 6. The summed E-state index contributed by atoms with van der Waals surface area (Å²) in [5.41, 5.74) is 2.68. The molecule has 0 aliphatic carbocycles. The summed E-state index contributed by atoms with van der Waals surface area (Å²) in [7, 11) is 1.56. The first-order valence-electron chi connectivity index (χ1n) is 11.1. The summed E-state index contributed by atoms with van der Waals surface area (Å²) in [4.78, 5) is 32.0. The molecule has 1 unspecified atom stereocenters. The van der Waals surface area contributed by atoms with Crippen LogP contribution in [0.25, 0.3) is 5.76 Å².